The minimum atomic E-state index is -3.05. The van der Waals surface area contributed by atoms with Crippen molar-refractivity contribution in [2.45, 2.75) is 50.0 Å². The molecule has 3 heterocycles. The van der Waals surface area contributed by atoms with E-state index in [-0.39, 0.29) is 24.5 Å². The zero-order valence-corrected chi connectivity index (χ0v) is 15.0. The van der Waals surface area contributed by atoms with E-state index in [0.29, 0.717) is 5.56 Å². The van der Waals surface area contributed by atoms with Crippen molar-refractivity contribution in [3.05, 3.63) is 29.6 Å². The van der Waals surface area contributed by atoms with Gasteiger partial charge in [-0.05, 0) is 43.5 Å². The van der Waals surface area contributed by atoms with Crippen LogP contribution in [0.3, 0.4) is 0 Å². The molecule has 0 aliphatic carbocycles. The average Bonchev–Trinajstić information content (AvgIpc) is 3.01. The third-order valence-corrected chi connectivity index (χ3v) is 5.24. The van der Waals surface area contributed by atoms with Crippen LogP contribution in [0.1, 0.15) is 53.9 Å². The van der Waals surface area contributed by atoms with Crippen LogP contribution < -0.4 is 5.32 Å². The van der Waals surface area contributed by atoms with Crippen LogP contribution >= 0.6 is 0 Å². The van der Waals surface area contributed by atoms with Gasteiger partial charge in [-0.25, -0.2) is 8.78 Å². The van der Waals surface area contributed by atoms with Crippen molar-refractivity contribution in [2.24, 2.45) is 0 Å². The van der Waals surface area contributed by atoms with Gasteiger partial charge >= 0.3 is 0 Å². The summed E-state index contributed by atoms with van der Waals surface area (Å²) in [7, 11) is 0. The summed E-state index contributed by atoms with van der Waals surface area (Å²) in [5.74, 6) is -3.58. The highest BCUT2D eigenvalue weighted by atomic mass is 19.3. The molecule has 2 fully saturated rings. The first-order valence-corrected chi connectivity index (χ1v) is 9.16. The van der Waals surface area contributed by atoms with Crippen LogP contribution in [0.2, 0.25) is 0 Å². The first-order valence-electron chi connectivity index (χ1n) is 9.16. The Balaban J connectivity index is 1.65. The molecule has 2 saturated heterocycles. The lowest BCUT2D eigenvalue weighted by Gasteiger charge is -2.24. The molecule has 0 unspecified atom stereocenters. The number of halogens is 2. The molecule has 2 aliphatic rings. The summed E-state index contributed by atoms with van der Waals surface area (Å²) in [6.07, 6.45) is 4.19. The van der Waals surface area contributed by atoms with Gasteiger partial charge in [-0.3, -0.25) is 14.6 Å². The Kier molecular flexibility index (Phi) is 5.80. The topological polar surface area (TPSA) is 86.1 Å². The van der Waals surface area contributed by atoms with E-state index in [1.165, 1.54) is 0 Å². The van der Waals surface area contributed by atoms with E-state index in [2.05, 4.69) is 10.3 Å². The second-order valence-corrected chi connectivity index (χ2v) is 7.14. The lowest BCUT2D eigenvalue weighted by molar-refractivity contribution is -0.132. The van der Waals surface area contributed by atoms with Gasteiger partial charge in [0.15, 0.2) is 5.78 Å². The normalized spacial score (nSPS) is 22.4. The highest BCUT2D eigenvalue weighted by Gasteiger charge is 2.47. The lowest BCUT2D eigenvalue weighted by atomic mass is 9.86. The molecule has 0 bridgehead atoms. The molecule has 1 amide bonds. The quantitative estimate of drug-likeness (QED) is 0.797. The van der Waals surface area contributed by atoms with Crippen molar-refractivity contribution in [1.29, 1.82) is 5.26 Å². The molecule has 1 aromatic rings. The van der Waals surface area contributed by atoms with Gasteiger partial charge in [0.25, 0.3) is 5.92 Å². The highest BCUT2D eigenvalue weighted by Crippen LogP contribution is 2.32. The van der Waals surface area contributed by atoms with Crippen LogP contribution in [0.25, 0.3) is 0 Å². The molecule has 1 aromatic heterocycles. The van der Waals surface area contributed by atoms with Gasteiger partial charge in [0.05, 0.1) is 12.6 Å². The van der Waals surface area contributed by atoms with E-state index in [0.717, 1.165) is 36.4 Å². The Hall–Kier alpha value is -2.40. The molecular weight excluding hydrogens is 354 g/mol. The SMILES string of the molecule is N#C[C@@H]1CC(F)(F)CN1C(=O)CCC(=O)c1ccncc1C1CCNCC1. The molecule has 27 heavy (non-hydrogen) atoms. The predicted molar refractivity (Wildman–Crippen MR) is 93.3 cm³/mol. The van der Waals surface area contributed by atoms with Crippen molar-refractivity contribution >= 4 is 11.7 Å². The number of pyridine rings is 1. The number of aromatic nitrogens is 1. The van der Waals surface area contributed by atoms with Gasteiger partial charge < -0.3 is 10.2 Å². The number of nitrogens with zero attached hydrogens (tertiary/aromatic N) is 3. The maximum atomic E-state index is 13.5. The van der Waals surface area contributed by atoms with E-state index >= 15 is 0 Å². The van der Waals surface area contributed by atoms with Gasteiger partial charge in [-0.15, -0.1) is 0 Å². The van der Waals surface area contributed by atoms with E-state index in [1.807, 2.05) is 0 Å². The average molecular weight is 376 g/mol. The number of nitrogens with one attached hydrogen (secondary N) is 1. The van der Waals surface area contributed by atoms with Crippen LogP contribution in [0, 0.1) is 11.3 Å². The van der Waals surface area contributed by atoms with Crippen LogP contribution in [0.5, 0.6) is 0 Å². The summed E-state index contributed by atoms with van der Waals surface area (Å²) in [5, 5.41) is 12.3. The monoisotopic (exact) mass is 376 g/mol. The second-order valence-electron chi connectivity index (χ2n) is 7.14. The van der Waals surface area contributed by atoms with Crippen molar-refractivity contribution in [2.75, 3.05) is 19.6 Å². The molecule has 2 aliphatic heterocycles. The smallest absolute Gasteiger partial charge is 0.268 e. The molecule has 8 heteroatoms. The Bertz CT molecular complexity index is 756. The summed E-state index contributed by atoms with van der Waals surface area (Å²) < 4.78 is 27.0. The molecule has 0 spiro atoms. The number of hydrogen-bond acceptors (Lipinski definition) is 5. The standard InChI is InChI=1S/C19H22F2N4O2/c20-19(21)9-14(10-22)25(12-19)18(27)2-1-17(26)15-5-8-24-11-16(15)13-3-6-23-7-4-13/h5,8,11,13-14,23H,1-4,6-7,9,12H2/t14-/m0/s1. The number of carbonyl (C=O) groups is 2. The summed E-state index contributed by atoms with van der Waals surface area (Å²) >= 11 is 0. The number of ketones is 1. The number of amides is 1. The first-order chi connectivity index (χ1) is 12.9. The molecular formula is C19H22F2N4O2. The maximum Gasteiger partial charge on any atom is 0.268 e. The Morgan fingerprint density at radius 3 is 2.78 bits per heavy atom. The number of nitriles is 1. The fraction of sp³-hybridized carbons (Fsp3) is 0.579. The largest absolute Gasteiger partial charge is 0.320 e. The summed E-state index contributed by atoms with van der Waals surface area (Å²) in [5.41, 5.74) is 1.44. The highest BCUT2D eigenvalue weighted by molar-refractivity contribution is 5.99. The number of rotatable bonds is 5. The molecule has 6 nitrogen and oxygen atoms in total. The summed E-state index contributed by atoms with van der Waals surface area (Å²) in [4.78, 5) is 30.0. The summed E-state index contributed by atoms with van der Waals surface area (Å²) in [6, 6.07) is 2.28. The second kappa shape index (κ2) is 8.09. The van der Waals surface area contributed by atoms with Crippen LogP contribution in [0.4, 0.5) is 8.78 Å². The van der Waals surface area contributed by atoms with Crippen molar-refractivity contribution in [3.8, 4) is 6.07 Å². The minimum absolute atomic E-state index is 0.0684. The van der Waals surface area contributed by atoms with Gasteiger partial charge in [0.1, 0.15) is 6.04 Å². The lowest BCUT2D eigenvalue weighted by Crippen LogP contribution is -2.36. The zero-order valence-electron chi connectivity index (χ0n) is 15.0. The first kappa shape index (κ1) is 19.4. The predicted octanol–water partition coefficient (Wildman–Crippen LogP) is 2.27. The fourth-order valence-corrected chi connectivity index (χ4v) is 3.81. The molecule has 3 rings (SSSR count). The minimum Gasteiger partial charge on any atom is -0.320 e. The third-order valence-electron chi connectivity index (χ3n) is 5.24. The Morgan fingerprint density at radius 2 is 2.07 bits per heavy atom. The number of hydrogen-bond donors (Lipinski definition) is 1. The van der Waals surface area contributed by atoms with Crippen LogP contribution in [-0.4, -0.2) is 53.2 Å². The summed E-state index contributed by atoms with van der Waals surface area (Å²) in [6.45, 7) is 1.00. The number of Topliss-reactive ketones (excluding diaryl/α,β-unsaturated/α-hetero) is 1. The third kappa shape index (κ3) is 4.48. The Morgan fingerprint density at radius 1 is 1.33 bits per heavy atom. The van der Waals surface area contributed by atoms with Gasteiger partial charge in [0, 0.05) is 37.2 Å². The number of carbonyl (C=O) groups excluding carboxylic acids is 2. The van der Waals surface area contributed by atoms with E-state index in [9.17, 15) is 18.4 Å². The van der Waals surface area contributed by atoms with Gasteiger partial charge in [0.2, 0.25) is 5.91 Å². The van der Waals surface area contributed by atoms with Gasteiger partial charge in [-0.1, -0.05) is 0 Å². The van der Waals surface area contributed by atoms with E-state index in [1.54, 1.807) is 24.5 Å². The number of alkyl halides is 2. The van der Waals surface area contributed by atoms with Crippen LogP contribution in [0.15, 0.2) is 18.5 Å². The van der Waals surface area contributed by atoms with E-state index in [4.69, 9.17) is 5.26 Å². The molecule has 1 N–H and O–H groups in total. The Labute approximate surface area is 156 Å². The molecule has 1 atom stereocenters. The van der Waals surface area contributed by atoms with E-state index < -0.39 is 30.8 Å². The van der Waals surface area contributed by atoms with Crippen molar-refractivity contribution < 1.29 is 18.4 Å². The van der Waals surface area contributed by atoms with Gasteiger partial charge in [-0.2, -0.15) is 5.26 Å². The van der Waals surface area contributed by atoms with Crippen molar-refractivity contribution in [3.63, 3.8) is 0 Å². The molecule has 0 aromatic carbocycles. The maximum absolute atomic E-state index is 13.5. The molecule has 144 valence electrons. The molecule has 0 radical (unpaired) electrons. The zero-order chi connectivity index (χ0) is 19.4. The van der Waals surface area contributed by atoms with Crippen LogP contribution in [-0.2, 0) is 4.79 Å². The number of piperidine rings is 1. The number of likely N-dealkylation sites (tertiary alicyclic amines) is 1. The van der Waals surface area contributed by atoms with Crippen molar-refractivity contribution in [1.82, 2.24) is 15.2 Å². The fourth-order valence-electron chi connectivity index (χ4n) is 3.81. The molecule has 0 saturated carbocycles.